The molecule has 0 aliphatic rings. The Bertz CT molecular complexity index is 896. The van der Waals surface area contributed by atoms with Gasteiger partial charge in [-0.15, -0.1) is 0 Å². The normalized spacial score (nSPS) is 10.8. The van der Waals surface area contributed by atoms with Crippen LogP contribution in [0.3, 0.4) is 0 Å². The van der Waals surface area contributed by atoms with E-state index in [9.17, 15) is 36.9 Å². The molecule has 4 N–H and O–H groups in total. The first-order valence-corrected chi connectivity index (χ1v) is 16.0. The Morgan fingerprint density at radius 1 is 0.568 bits per heavy atom. The molecule has 16 nitrogen and oxygen atoms in total. The Kier molecular flexibility index (Phi) is 31.6. The molecule has 18 heteroatoms. The van der Waals surface area contributed by atoms with Crippen molar-refractivity contribution in [3.8, 4) is 0 Å². The maximum atomic E-state index is 11.8. The number of amides is 4. The third kappa shape index (κ3) is 34.8. The summed E-state index contributed by atoms with van der Waals surface area (Å²) in [6.45, 7) is 3.12. The van der Waals surface area contributed by atoms with E-state index in [-0.39, 0.29) is 99.5 Å². The maximum Gasteiger partial charge on any atom is 1.00 e. The van der Waals surface area contributed by atoms with Crippen LogP contribution in [0.4, 0.5) is 0 Å². The molecule has 0 bridgehead atoms. The molecule has 0 rings (SSSR count). The van der Waals surface area contributed by atoms with Gasteiger partial charge in [0.15, 0.2) is 0 Å². The molecule has 0 heterocycles. The largest absolute Gasteiger partial charge is 1.00 e. The van der Waals surface area contributed by atoms with Crippen molar-refractivity contribution in [2.75, 3.05) is 84.8 Å². The quantitative estimate of drug-likeness (QED) is 0.0247. The van der Waals surface area contributed by atoms with Crippen molar-refractivity contribution in [3.05, 3.63) is 0 Å². The van der Waals surface area contributed by atoms with Gasteiger partial charge < -0.3 is 49.6 Å². The smallest absolute Gasteiger partial charge is 0.748 e. The number of nitrogens with one attached hydrogen (secondary N) is 4. The molecular formula is C26H47N4NaO12S. The summed E-state index contributed by atoms with van der Waals surface area (Å²) < 4.78 is 52.6. The van der Waals surface area contributed by atoms with E-state index >= 15 is 0 Å². The van der Waals surface area contributed by atoms with Crippen LogP contribution in [-0.2, 0) is 53.0 Å². The zero-order chi connectivity index (χ0) is 32.0. The Morgan fingerprint density at radius 2 is 1.00 bits per heavy atom. The number of hydrogen-bond donors (Lipinski definition) is 4. The molecule has 0 atom stereocenters. The van der Waals surface area contributed by atoms with Gasteiger partial charge in [-0.3, -0.25) is 19.2 Å². The van der Waals surface area contributed by atoms with E-state index in [1.807, 2.05) is 0 Å². The Morgan fingerprint density at radius 3 is 1.48 bits per heavy atom. The first-order chi connectivity index (χ1) is 20.6. The van der Waals surface area contributed by atoms with Gasteiger partial charge in [0.2, 0.25) is 23.6 Å². The van der Waals surface area contributed by atoms with Gasteiger partial charge in [-0.1, -0.05) is 0 Å². The van der Waals surface area contributed by atoms with Crippen LogP contribution in [0.5, 0.6) is 0 Å². The minimum atomic E-state index is -4.35. The van der Waals surface area contributed by atoms with E-state index in [1.165, 1.54) is 0 Å². The molecule has 0 radical (unpaired) electrons. The molecule has 0 aliphatic heterocycles. The Hall–Kier alpha value is -1.70. The minimum absolute atomic E-state index is 0. The zero-order valence-electron chi connectivity index (χ0n) is 25.7. The van der Waals surface area contributed by atoms with Crippen LogP contribution in [0.2, 0.25) is 0 Å². The third-order valence-corrected chi connectivity index (χ3v) is 6.11. The van der Waals surface area contributed by atoms with Gasteiger partial charge >= 0.3 is 29.6 Å². The number of hydrogen-bond acceptors (Lipinski definition) is 12. The molecule has 0 unspecified atom stereocenters. The summed E-state index contributed by atoms with van der Waals surface area (Å²) in [5.41, 5.74) is 0. The van der Waals surface area contributed by atoms with E-state index < -0.39 is 21.8 Å². The second-order valence-corrected chi connectivity index (χ2v) is 10.7. The first-order valence-electron chi connectivity index (χ1n) is 14.4. The monoisotopic (exact) mass is 662 g/mol. The van der Waals surface area contributed by atoms with E-state index in [0.717, 1.165) is 25.5 Å². The summed E-state index contributed by atoms with van der Waals surface area (Å²) in [4.78, 5) is 56.6. The van der Waals surface area contributed by atoms with E-state index in [1.54, 1.807) is 0 Å². The van der Waals surface area contributed by atoms with Crippen molar-refractivity contribution in [1.29, 1.82) is 0 Å². The summed E-state index contributed by atoms with van der Waals surface area (Å²) in [7, 11) is -4.35. The van der Waals surface area contributed by atoms with Gasteiger partial charge in [-0.25, -0.2) is 8.42 Å². The van der Waals surface area contributed by atoms with E-state index in [4.69, 9.17) is 18.9 Å². The van der Waals surface area contributed by atoms with Gasteiger partial charge in [-0.05, 0) is 25.7 Å². The van der Waals surface area contributed by atoms with Gasteiger partial charge in [0.05, 0.1) is 75.3 Å². The predicted octanol–water partition coefficient (Wildman–Crippen LogP) is -4.61. The fourth-order valence-corrected chi connectivity index (χ4v) is 3.49. The van der Waals surface area contributed by atoms with Crippen LogP contribution in [-0.4, -0.2) is 128 Å². The third-order valence-electron chi connectivity index (χ3n) is 5.41. The van der Waals surface area contributed by atoms with Gasteiger partial charge in [0.1, 0.15) is 6.29 Å². The molecule has 0 saturated heterocycles. The van der Waals surface area contributed by atoms with Crippen LogP contribution in [0.15, 0.2) is 0 Å². The van der Waals surface area contributed by atoms with Crippen molar-refractivity contribution in [2.24, 2.45) is 0 Å². The topological polar surface area (TPSA) is 228 Å². The number of unbranched alkanes of at least 4 members (excludes halogenated alkanes) is 3. The summed E-state index contributed by atoms with van der Waals surface area (Å²) >= 11 is 0. The molecule has 0 saturated carbocycles. The van der Waals surface area contributed by atoms with Crippen LogP contribution in [0.1, 0.15) is 51.4 Å². The first kappa shape index (κ1) is 44.4. The number of aldehydes is 1. The number of ether oxygens (including phenoxy) is 4. The summed E-state index contributed by atoms with van der Waals surface area (Å²) in [6, 6.07) is 0. The van der Waals surface area contributed by atoms with Crippen molar-refractivity contribution in [3.63, 3.8) is 0 Å². The van der Waals surface area contributed by atoms with Crippen LogP contribution >= 0.6 is 0 Å². The number of carbonyl (C=O) groups is 5. The average molecular weight is 663 g/mol. The molecule has 0 aromatic rings. The van der Waals surface area contributed by atoms with Crippen LogP contribution in [0.25, 0.3) is 0 Å². The van der Waals surface area contributed by atoms with Crippen LogP contribution < -0.4 is 50.8 Å². The number of rotatable bonds is 30. The second kappa shape index (κ2) is 31.3. The van der Waals surface area contributed by atoms with Crippen molar-refractivity contribution >= 4 is 40.0 Å². The molecule has 0 aromatic heterocycles. The molecule has 4 amide bonds. The van der Waals surface area contributed by atoms with Gasteiger partial charge in [0, 0.05) is 45.3 Å². The van der Waals surface area contributed by atoms with E-state index in [0.29, 0.717) is 59.0 Å². The summed E-state index contributed by atoms with van der Waals surface area (Å²) in [6.07, 6.45) is 4.40. The van der Waals surface area contributed by atoms with Crippen molar-refractivity contribution < 1.29 is 85.4 Å². The zero-order valence-corrected chi connectivity index (χ0v) is 28.6. The standard InChI is InChI=1S/C26H48N4O12S.Na/c31-12-5-2-6-23(32)30-22-26(35)28-10-4-1-3-9-27-24(33)7-13-39-15-17-41-19-20-42-18-16-40-14-8-25(34)29-11-21-43(36,37)38;/h12H,1-11,13-22H2,(H,27,33)(H,28,35)(H,29,34)(H,30,32)(H,36,37,38);/q;+1/p-1. The molecule has 0 aromatic carbocycles. The molecular weight excluding hydrogens is 615 g/mol. The summed E-state index contributed by atoms with van der Waals surface area (Å²) in [5.74, 6) is -1.68. The fraction of sp³-hybridized carbons (Fsp3) is 0.808. The molecule has 44 heavy (non-hydrogen) atoms. The number of carbonyl (C=O) groups excluding carboxylic acids is 5. The molecule has 0 aliphatic carbocycles. The Labute approximate surface area is 281 Å². The average Bonchev–Trinajstić information content (AvgIpc) is 2.95. The summed E-state index contributed by atoms with van der Waals surface area (Å²) in [5, 5.41) is 10.4. The SMILES string of the molecule is O=CCCCC(=O)NCC(=O)NCCCCCNC(=O)CCOCCOCCOCCOCCC(=O)NCCS(=O)(=O)[O-].[Na+]. The maximum absolute atomic E-state index is 11.8. The van der Waals surface area contributed by atoms with Crippen molar-refractivity contribution in [2.45, 2.75) is 51.4 Å². The minimum Gasteiger partial charge on any atom is -0.748 e. The molecule has 250 valence electrons. The predicted molar refractivity (Wildman–Crippen MR) is 153 cm³/mol. The van der Waals surface area contributed by atoms with Crippen molar-refractivity contribution in [1.82, 2.24) is 21.3 Å². The van der Waals surface area contributed by atoms with E-state index in [2.05, 4.69) is 21.3 Å². The van der Waals surface area contributed by atoms with Crippen LogP contribution in [0, 0.1) is 0 Å². The fourth-order valence-electron chi connectivity index (χ4n) is 3.14. The second-order valence-electron chi connectivity index (χ2n) is 9.16. The molecule has 0 fully saturated rings. The van der Waals surface area contributed by atoms with Gasteiger partial charge in [-0.2, -0.15) is 0 Å². The Balaban J connectivity index is 0. The van der Waals surface area contributed by atoms with Gasteiger partial charge in [0.25, 0.3) is 0 Å². The molecule has 0 spiro atoms.